The summed E-state index contributed by atoms with van der Waals surface area (Å²) in [6.45, 7) is 6.46. The fourth-order valence-corrected chi connectivity index (χ4v) is 1.54. The molecule has 0 aliphatic heterocycles. The lowest BCUT2D eigenvalue weighted by molar-refractivity contribution is -0.146. The van der Waals surface area contributed by atoms with Crippen molar-refractivity contribution in [3.05, 3.63) is 0 Å². The van der Waals surface area contributed by atoms with Gasteiger partial charge in [-0.3, -0.25) is 4.79 Å². The molecule has 0 aliphatic carbocycles. The number of nitrogens with two attached hydrogens (primary N) is 1. The summed E-state index contributed by atoms with van der Waals surface area (Å²) in [4.78, 5) is 23.3. The molecule has 5 heteroatoms. The molecule has 0 radical (unpaired) electrons. The minimum Gasteiger partial charge on any atom is -0.467 e. The maximum absolute atomic E-state index is 11.8. The molecule has 106 valence electrons. The third-order valence-electron chi connectivity index (χ3n) is 3.25. The first-order chi connectivity index (χ1) is 8.46. The lowest BCUT2D eigenvalue weighted by Gasteiger charge is -2.22. The minimum atomic E-state index is -0.555. The molecule has 0 heterocycles. The third-order valence-corrected chi connectivity index (χ3v) is 3.25. The fourth-order valence-electron chi connectivity index (χ4n) is 1.54. The molecule has 3 unspecified atom stereocenters. The van der Waals surface area contributed by atoms with E-state index in [4.69, 9.17) is 10.5 Å². The molecule has 3 N–H and O–H groups in total. The summed E-state index contributed by atoms with van der Waals surface area (Å²) < 4.78 is 4.71. The van der Waals surface area contributed by atoms with Crippen LogP contribution in [0.2, 0.25) is 0 Å². The summed E-state index contributed by atoms with van der Waals surface area (Å²) in [5.41, 5.74) is 5.49. The second kappa shape index (κ2) is 8.91. The largest absolute Gasteiger partial charge is 0.467 e. The third kappa shape index (κ3) is 6.00. The van der Waals surface area contributed by atoms with Crippen LogP contribution in [-0.2, 0) is 14.3 Å². The van der Waals surface area contributed by atoms with Crippen molar-refractivity contribution in [2.45, 2.75) is 46.1 Å². The Morgan fingerprint density at radius 3 is 2.39 bits per heavy atom. The van der Waals surface area contributed by atoms with Gasteiger partial charge in [-0.1, -0.05) is 27.2 Å². The molecular formula is C13H26N2O3. The van der Waals surface area contributed by atoms with Crippen LogP contribution in [0.1, 0.15) is 40.0 Å². The first-order valence-electron chi connectivity index (χ1n) is 6.53. The molecule has 0 fully saturated rings. The van der Waals surface area contributed by atoms with E-state index in [1.807, 2.05) is 20.8 Å². The summed E-state index contributed by atoms with van der Waals surface area (Å²) in [5.74, 6) is -0.125. The monoisotopic (exact) mass is 258 g/mol. The number of amides is 1. The average Bonchev–Trinajstić information content (AvgIpc) is 2.40. The number of carbonyl (C=O) groups excluding carboxylic acids is 2. The van der Waals surface area contributed by atoms with E-state index >= 15 is 0 Å². The SMILES string of the molecule is CCC(C)C(NC(=O)CCC(C)CN)C(=O)OC. The number of rotatable bonds is 8. The summed E-state index contributed by atoms with van der Waals surface area (Å²) in [6.07, 6.45) is 1.93. The van der Waals surface area contributed by atoms with Crippen LogP contribution < -0.4 is 11.1 Å². The Morgan fingerprint density at radius 1 is 1.33 bits per heavy atom. The molecule has 0 bridgehead atoms. The van der Waals surface area contributed by atoms with Crippen molar-refractivity contribution < 1.29 is 14.3 Å². The van der Waals surface area contributed by atoms with Crippen molar-refractivity contribution in [2.24, 2.45) is 17.6 Å². The van der Waals surface area contributed by atoms with E-state index in [9.17, 15) is 9.59 Å². The summed E-state index contributed by atoms with van der Waals surface area (Å²) in [6, 6.07) is -0.555. The van der Waals surface area contributed by atoms with Crippen LogP contribution in [0.25, 0.3) is 0 Å². The molecule has 5 nitrogen and oxygen atoms in total. The lowest BCUT2D eigenvalue weighted by Crippen LogP contribution is -2.45. The van der Waals surface area contributed by atoms with Crippen molar-refractivity contribution in [3.8, 4) is 0 Å². The van der Waals surface area contributed by atoms with Crippen molar-refractivity contribution in [1.82, 2.24) is 5.32 Å². The van der Waals surface area contributed by atoms with E-state index in [2.05, 4.69) is 5.32 Å². The highest BCUT2D eigenvalue weighted by atomic mass is 16.5. The number of ether oxygens (including phenoxy) is 1. The van der Waals surface area contributed by atoms with Crippen molar-refractivity contribution in [1.29, 1.82) is 0 Å². The highest BCUT2D eigenvalue weighted by Crippen LogP contribution is 2.10. The van der Waals surface area contributed by atoms with Crippen LogP contribution in [0, 0.1) is 11.8 Å². The number of nitrogens with one attached hydrogen (secondary N) is 1. The Hall–Kier alpha value is -1.10. The Labute approximate surface area is 109 Å². The molecule has 18 heavy (non-hydrogen) atoms. The first-order valence-corrected chi connectivity index (χ1v) is 6.53. The second-order valence-corrected chi connectivity index (χ2v) is 4.83. The second-order valence-electron chi connectivity index (χ2n) is 4.83. The number of carbonyl (C=O) groups is 2. The lowest BCUT2D eigenvalue weighted by atomic mass is 9.98. The maximum atomic E-state index is 11.8. The number of methoxy groups -OCH3 is 1. The molecule has 0 aromatic carbocycles. The predicted octanol–water partition coefficient (Wildman–Crippen LogP) is 1.07. The van der Waals surface area contributed by atoms with Crippen molar-refractivity contribution in [2.75, 3.05) is 13.7 Å². The van der Waals surface area contributed by atoms with Gasteiger partial charge in [-0.15, -0.1) is 0 Å². The van der Waals surface area contributed by atoms with Gasteiger partial charge in [-0.25, -0.2) is 4.79 Å². The van der Waals surface area contributed by atoms with Crippen LogP contribution >= 0.6 is 0 Å². The van der Waals surface area contributed by atoms with E-state index in [-0.39, 0.29) is 17.8 Å². The van der Waals surface area contributed by atoms with Gasteiger partial charge in [0.25, 0.3) is 0 Å². The van der Waals surface area contributed by atoms with Gasteiger partial charge in [0.2, 0.25) is 5.91 Å². The van der Waals surface area contributed by atoms with Gasteiger partial charge in [-0.2, -0.15) is 0 Å². The highest BCUT2D eigenvalue weighted by Gasteiger charge is 2.26. The molecular weight excluding hydrogens is 232 g/mol. The first kappa shape index (κ1) is 16.9. The van der Waals surface area contributed by atoms with Crippen molar-refractivity contribution in [3.63, 3.8) is 0 Å². The van der Waals surface area contributed by atoms with Crippen LogP contribution in [0.5, 0.6) is 0 Å². The maximum Gasteiger partial charge on any atom is 0.328 e. The zero-order valence-electron chi connectivity index (χ0n) is 11.9. The Morgan fingerprint density at radius 2 is 1.94 bits per heavy atom. The highest BCUT2D eigenvalue weighted by molar-refractivity contribution is 5.84. The Bertz CT molecular complexity index is 269. The Balaban J connectivity index is 4.31. The number of hydrogen-bond donors (Lipinski definition) is 2. The van der Waals surface area contributed by atoms with Crippen LogP contribution in [0.4, 0.5) is 0 Å². The van der Waals surface area contributed by atoms with Gasteiger partial charge in [0.1, 0.15) is 6.04 Å². The van der Waals surface area contributed by atoms with Gasteiger partial charge < -0.3 is 15.8 Å². The molecule has 3 atom stereocenters. The Kier molecular flexibility index (Phi) is 8.37. The van der Waals surface area contributed by atoms with E-state index in [1.54, 1.807) is 0 Å². The summed E-state index contributed by atoms with van der Waals surface area (Å²) >= 11 is 0. The van der Waals surface area contributed by atoms with E-state index in [0.717, 1.165) is 12.8 Å². The summed E-state index contributed by atoms with van der Waals surface area (Å²) in [7, 11) is 1.33. The molecule has 0 saturated carbocycles. The predicted molar refractivity (Wildman–Crippen MR) is 70.9 cm³/mol. The minimum absolute atomic E-state index is 0.0633. The zero-order chi connectivity index (χ0) is 14.1. The van der Waals surface area contributed by atoms with E-state index in [0.29, 0.717) is 18.9 Å². The van der Waals surface area contributed by atoms with Crippen LogP contribution in [-0.4, -0.2) is 31.6 Å². The zero-order valence-corrected chi connectivity index (χ0v) is 11.9. The quantitative estimate of drug-likeness (QED) is 0.638. The molecule has 0 spiro atoms. The van der Waals surface area contributed by atoms with Crippen LogP contribution in [0.3, 0.4) is 0 Å². The molecule has 0 saturated heterocycles. The van der Waals surface area contributed by atoms with Gasteiger partial charge in [0.05, 0.1) is 7.11 Å². The van der Waals surface area contributed by atoms with Gasteiger partial charge in [0, 0.05) is 6.42 Å². The van der Waals surface area contributed by atoms with E-state index in [1.165, 1.54) is 7.11 Å². The van der Waals surface area contributed by atoms with Crippen molar-refractivity contribution >= 4 is 11.9 Å². The number of esters is 1. The average molecular weight is 258 g/mol. The molecule has 0 aromatic heterocycles. The van der Waals surface area contributed by atoms with Gasteiger partial charge >= 0.3 is 5.97 Å². The van der Waals surface area contributed by atoms with Gasteiger partial charge in [-0.05, 0) is 24.8 Å². The smallest absolute Gasteiger partial charge is 0.328 e. The number of hydrogen-bond acceptors (Lipinski definition) is 4. The molecule has 0 rings (SSSR count). The summed E-state index contributed by atoms with van der Waals surface area (Å²) in [5, 5.41) is 2.74. The molecule has 0 aromatic rings. The fraction of sp³-hybridized carbons (Fsp3) is 0.846. The standard InChI is InChI=1S/C13H26N2O3/c1-5-10(3)12(13(17)18-4)15-11(16)7-6-9(2)8-14/h9-10,12H,5-8,14H2,1-4H3,(H,15,16). The van der Waals surface area contributed by atoms with Gasteiger partial charge in [0.15, 0.2) is 0 Å². The molecule has 0 aliphatic rings. The normalized spacial score (nSPS) is 15.6. The van der Waals surface area contributed by atoms with Crippen LogP contribution in [0.15, 0.2) is 0 Å². The van der Waals surface area contributed by atoms with E-state index < -0.39 is 6.04 Å². The topological polar surface area (TPSA) is 81.4 Å². The molecule has 1 amide bonds.